The van der Waals surface area contributed by atoms with Gasteiger partial charge < -0.3 is 15.2 Å². The van der Waals surface area contributed by atoms with Crippen LogP contribution in [0.3, 0.4) is 0 Å². The van der Waals surface area contributed by atoms with Crippen LogP contribution in [-0.4, -0.2) is 47.7 Å². The molecule has 37 heavy (non-hydrogen) atoms. The SMILES string of the molecule is Cl.O=C(CN1CCC(N2C(=O)OCc3cc(Cl)ccc32)CC1)Nc1cccc2c1-c1ccccc1C2O. The summed E-state index contributed by atoms with van der Waals surface area (Å²) in [6.45, 7) is 1.88. The third-order valence-corrected chi connectivity index (χ3v) is 7.56. The number of cyclic esters (lactones) is 1. The van der Waals surface area contributed by atoms with E-state index in [1.54, 1.807) is 11.0 Å². The van der Waals surface area contributed by atoms with E-state index in [0.29, 0.717) is 23.8 Å². The average Bonchev–Trinajstić information content (AvgIpc) is 3.18. The molecule has 0 saturated carbocycles. The first-order valence-corrected chi connectivity index (χ1v) is 12.5. The highest BCUT2D eigenvalue weighted by molar-refractivity contribution is 6.30. The smallest absolute Gasteiger partial charge is 0.414 e. The molecule has 1 saturated heterocycles. The van der Waals surface area contributed by atoms with E-state index < -0.39 is 6.10 Å². The monoisotopic (exact) mass is 539 g/mol. The molecule has 1 atom stereocenters. The maximum absolute atomic E-state index is 13.0. The molecule has 0 radical (unpaired) electrons. The van der Waals surface area contributed by atoms with Crippen LogP contribution >= 0.6 is 24.0 Å². The van der Waals surface area contributed by atoms with Gasteiger partial charge in [0.1, 0.15) is 12.7 Å². The van der Waals surface area contributed by atoms with Crippen molar-refractivity contribution in [3.63, 3.8) is 0 Å². The average molecular weight is 540 g/mol. The second-order valence-electron chi connectivity index (χ2n) is 9.51. The minimum Gasteiger partial charge on any atom is -0.444 e. The number of ether oxygens (including phenoxy) is 1. The number of fused-ring (bicyclic) bond motifs is 4. The van der Waals surface area contributed by atoms with Crippen LogP contribution in [0.4, 0.5) is 16.2 Å². The Morgan fingerprint density at radius 3 is 2.62 bits per heavy atom. The van der Waals surface area contributed by atoms with Crippen LogP contribution in [0.2, 0.25) is 5.02 Å². The van der Waals surface area contributed by atoms with Gasteiger partial charge in [0.25, 0.3) is 0 Å². The van der Waals surface area contributed by atoms with Crippen molar-refractivity contribution in [1.29, 1.82) is 0 Å². The maximum atomic E-state index is 13.0. The number of aliphatic hydroxyl groups excluding tert-OH is 1. The predicted octanol–water partition coefficient (Wildman–Crippen LogP) is 5.38. The van der Waals surface area contributed by atoms with Crippen LogP contribution in [0.25, 0.3) is 11.1 Å². The molecule has 2 heterocycles. The van der Waals surface area contributed by atoms with Crippen molar-refractivity contribution in [2.24, 2.45) is 0 Å². The molecule has 192 valence electrons. The summed E-state index contributed by atoms with van der Waals surface area (Å²) in [4.78, 5) is 29.4. The Balaban J connectivity index is 0.00000280. The Morgan fingerprint density at radius 2 is 1.81 bits per heavy atom. The highest BCUT2D eigenvalue weighted by atomic mass is 35.5. The van der Waals surface area contributed by atoms with Crippen molar-refractivity contribution in [2.45, 2.75) is 31.6 Å². The Hall–Kier alpha value is -3.10. The van der Waals surface area contributed by atoms with Crippen molar-refractivity contribution in [3.05, 3.63) is 82.4 Å². The van der Waals surface area contributed by atoms with Gasteiger partial charge in [0.15, 0.2) is 0 Å². The topological polar surface area (TPSA) is 82.1 Å². The maximum Gasteiger partial charge on any atom is 0.414 e. The van der Waals surface area contributed by atoms with E-state index in [9.17, 15) is 14.7 Å². The molecule has 2 amide bonds. The number of rotatable bonds is 4. The summed E-state index contributed by atoms with van der Waals surface area (Å²) in [5.41, 5.74) is 5.98. The van der Waals surface area contributed by atoms with Crippen LogP contribution in [0.15, 0.2) is 60.7 Å². The lowest BCUT2D eigenvalue weighted by Gasteiger charge is -2.40. The van der Waals surface area contributed by atoms with E-state index in [2.05, 4.69) is 10.2 Å². The van der Waals surface area contributed by atoms with Crippen molar-refractivity contribution in [2.75, 3.05) is 29.9 Å². The van der Waals surface area contributed by atoms with Gasteiger partial charge in [0.2, 0.25) is 5.91 Å². The van der Waals surface area contributed by atoms with Crippen LogP contribution in [-0.2, 0) is 16.1 Å². The number of benzene rings is 3. The summed E-state index contributed by atoms with van der Waals surface area (Å²) in [7, 11) is 0. The molecule has 7 nitrogen and oxygen atoms in total. The number of carbonyl (C=O) groups is 2. The van der Waals surface area contributed by atoms with Gasteiger partial charge in [0, 0.05) is 41.0 Å². The molecule has 0 bridgehead atoms. The second kappa shape index (κ2) is 10.3. The predicted molar refractivity (Wildman–Crippen MR) is 145 cm³/mol. The Morgan fingerprint density at radius 1 is 1.05 bits per heavy atom. The number of halogens is 2. The van der Waals surface area contributed by atoms with E-state index >= 15 is 0 Å². The van der Waals surface area contributed by atoms with Crippen LogP contribution < -0.4 is 10.2 Å². The summed E-state index contributed by atoms with van der Waals surface area (Å²) in [5, 5.41) is 14.4. The number of nitrogens with zero attached hydrogens (tertiary/aromatic N) is 2. The third kappa shape index (κ3) is 4.68. The molecule has 1 aliphatic carbocycles. The number of amides is 2. The number of anilines is 2. The standard InChI is InChI=1S/C28H26ClN3O4.ClH/c29-18-8-9-24-17(14-18)16-36-28(35)32(24)19-10-12-31(13-11-19)15-25(33)30-23-7-3-6-22-26(23)20-4-1-2-5-21(20)27(22)34;/h1-9,14,19,27,34H,10-13,15-16H2,(H,30,33);1H. The lowest BCUT2D eigenvalue weighted by atomic mass is 10.0. The molecule has 9 heteroatoms. The number of nitrogens with one attached hydrogen (secondary N) is 1. The van der Waals surface area contributed by atoms with E-state index in [4.69, 9.17) is 16.3 Å². The highest BCUT2D eigenvalue weighted by Gasteiger charge is 2.35. The van der Waals surface area contributed by atoms with Crippen LogP contribution in [0.1, 0.15) is 35.6 Å². The summed E-state index contributed by atoms with van der Waals surface area (Å²) < 4.78 is 5.38. The van der Waals surface area contributed by atoms with Crippen molar-refractivity contribution < 1.29 is 19.4 Å². The van der Waals surface area contributed by atoms with Gasteiger partial charge in [-0.25, -0.2) is 4.79 Å². The molecule has 0 spiro atoms. The number of hydrogen-bond acceptors (Lipinski definition) is 5. The van der Waals surface area contributed by atoms with Gasteiger partial charge in [0.05, 0.1) is 12.2 Å². The molecule has 3 aliphatic rings. The fourth-order valence-corrected chi connectivity index (χ4v) is 5.81. The molecule has 3 aromatic carbocycles. The zero-order chi connectivity index (χ0) is 24.8. The fourth-order valence-electron chi connectivity index (χ4n) is 5.62. The highest BCUT2D eigenvalue weighted by Crippen LogP contribution is 2.46. The largest absolute Gasteiger partial charge is 0.444 e. The number of aliphatic hydroxyl groups is 1. The lowest BCUT2D eigenvalue weighted by molar-refractivity contribution is -0.117. The molecular weight excluding hydrogens is 513 g/mol. The number of carbonyl (C=O) groups excluding carboxylic acids is 2. The molecular formula is C28H27Cl2N3O4. The first-order chi connectivity index (χ1) is 17.5. The van der Waals surface area contributed by atoms with Crippen molar-refractivity contribution in [3.8, 4) is 11.1 Å². The minimum absolute atomic E-state index is 0. The zero-order valence-electron chi connectivity index (χ0n) is 20.0. The Kier molecular flexibility index (Phi) is 7.14. The van der Waals surface area contributed by atoms with Crippen LogP contribution in [0.5, 0.6) is 0 Å². The molecule has 1 unspecified atom stereocenters. The van der Waals surface area contributed by atoms with Gasteiger partial charge in [-0.05, 0) is 53.8 Å². The molecule has 6 rings (SSSR count). The van der Waals surface area contributed by atoms with Gasteiger partial charge in [-0.1, -0.05) is 48.0 Å². The third-order valence-electron chi connectivity index (χ3n) is 7.33. The number of piperidine rings is 1. The molecule has 2 aliphatic heterocycles. The molecule has 0 aromatic heterocycles. The number of hydrogen-bond donors (Lipinski definition) is 2. The van der Waals surface area contributed by atoms with Crippen LogP contribution in [0, 0.1) is 0 Å². The Bertz CT molecular complexity index is 1360. The minimum atomic E-state index is -0.685. The fraction of sp³-hybridized carbons (Fsp3) is 0.286. The normalized spacial score (nSPS) is 18.8. The Labute approximate surface area is 226 Å². The summed E-state index contributed by atoms with van der Waals surface area (Å²) in [6.07, 6.45) is 0.464. The van der Waals surface area contributed by atoms with E-state index in [-0.39, 0.29) is 43.6 Å². The van der Waals surface area contributed by atoms with E-state index in [1.807, 2.05) is 54.6 Å². The first-order valence-electron chi connectivity index (χ1n) is 12.2. The van der Waals surface area contributed by atoms with E-state index in [0.717, 1.165) is 46.3 Å². The lowest BCUT2D eigenvalue weighted by Crippen LogP contribution is -2.50. The quantitative estimate of drug-likeness (QED) is 0.464. The molecule has 3 aromatic rings. The zero-order valence-corrected chi connectivity index (χ0v) is 21.6. The van der Waals surface area contributed by atoms with Crippen molar-refractivity contribution >= 4 is 47.4 Å². The summed E-state index contributed by atoms with van der Waals surface area (Å²) in [6, 6.07) is 18.9. The van der Waals surface area contributed by atoms with Gasteiger partial charge in [-0.2, -0.15) is 0 Å². The van der Waals surface area contributed by atoms with Gasteiger partial charge in [-0.15, -0.1) is 12.4 Å². The summed E-state index contributed by atoms with van der Waals surface area (Å²) >= 11 is 6.12. The molecule has 2 N–H and O–H groups in total. The number of likely N-dealkylation sites (tertiary alicyclic amines) is 1. The second-order valence-corrected chi connectivity index (χ2v) is 9.95. The van der Waals surface area contributed by atoms with Crippen molar-refractivity contribution in [1.82, 2.24) is 4.90 Å². The van der Waals surface area contributed by atoms with Gasteiger partial charge >= 0.3 is 6.09 Å². The molecule has 1 fully saturated rings. The van der Waals surface area contributed by atoms with Gasteiger partial charge in [-0.3, -0.25) is 14.6 Å². The van der Waals surface area contributed by atoms with E-state index in [1.165, 1.54) is 0 Å². The summed E-state index contributed by atoms with van der Waals surface area (Å²) in [5.74, 6) is -0.0990. The first kappa shape index (κ1) is 25.5.